The lowest BCUT2D eigenvalue weighted by Gasteiger charge is -2.26. The van der Waals surface area contributed by atoms with Gasteiger partial charge in [-0.15, -0.1) is 0 Å². The van der Waals surface area contributed by atoms with Crippen LogP contribution in [0.4, 0.5) is 5.69 Å². The number of aromatic nitrogens is 1. The summed E-state index contributed by atoms with van der Waals surface area (Å²) >= 11 is 6.64. The zero-order valence-corrected chi connectivity index (χ0v) is 15.9. The fraction of sp³-hybridized carbons (Fsp3) is 0.350. The standard InChI is InChI=1S/C20H22ClN3O2/c1-4-18(25)23-12(2)15-10-22-11-16(20(15)21)13-5-7-17-14(9-13)6-8-19(26)24(17)3/h5,7,9-12H,4,6,8H2,1-3H3,(H,23,25). The molecule has 6 heteroatoms. The number of hydrogen-bond donors (Lipinski definition) is 1. The summed E-state index contributed by atoms with van der Waals surface area (Å²) in [7, 11) is 1.80. The van der Waals surface area contributed by atoms with Gasteiger partial charge in [-0.1, -0.05) is 24.6 Å². The summed E-state index contributed by atoms with van der Waals surface area (Å²) in [6, 6.07) is 5.76. The third-order valence-electron chi connectivity index (χ3n) is 4.81. The Hall–Kier alpha value is -2.40. The second kappa shape index (κ2) is 7.46. The largest absolute Gasteiger partial charge is 0.349 e. The van der Waals surface area contributed by atoms with Crippen LogP contribution in [0.15, 0.2) is 30.6 Å². The van der Waals surface area contributed by atoms with Crippen LogP contribution in [-0.4, -0.2) is 23.8 Å². The number of pyridine rings is 1. The maximum absolute atomic E-state index is 11.9. The van der Waals surface area contributed by atoms with Crippen LogP contribution in [0.3, 0.4) is 0 Å². The molecule has 136 valence electrons. The molecule has 1 aromatic carbocycles. The first-order chi connectivity index (χ1) is 12.4. The van der Waals surface area contributed by atoms with Crippen molar-refractivity contribution in [1.29, 1.82) is 0 Å². The highest BCUT2D eigenvalue weighted by Crippen LogP contribution is 2.36. The second-order valence-electron chi connectivity index (χ2n) is 6.53. The van der Waals surface area contributed by atoms with Gasteiger partial charge >= 0.3 is 0 Å². The molecule has 0 aliphatic carbocycles. The summed E-state index contributed by atoms with van der Waals surface area (Å²) in [6.07, 6.45) is 5.09. The highest BCUT2D eigenvalue weighted by Gasteiger charge is 2.22. The number of rotatable bonds is 4. The van der Waals surface area contributed by atoms with E-state index >= 15 is 0 Å². The Labute approximate surface area is 158 Å². The number of amides is 2. The molecule has 0 spiro atoms. The first kappa shape index (κ1) is 18.4. The molecule has 0 saturated heterocycles. The first-order valence-corrected chi connectivity index (χ1v) is 9.12. The van der Waals surface area contributed by atoms with Crippen LogP contribution in [0.25, 0.3) is 11.1 Å². The van der Waals surface area contributed by atoms with Crippen molar-refractivity contribution in [2.24, 2.45) is 0 Å². The molecule has 26 heavy (non-hydrogen) atoms. The van der Waals surface area contributed by atoms with Gasteiger partial charge in [-0.05, 0) is 36.6 Å². The van der Waals surface area contributed by atoms with E-state index in [4.69, 9.17) is 11.6 Å². The monoisotopic (exact) mass is 371 g/mol. The maximum Gasteiger partial charge on any atom is 0.227 e. The molecule has 1 aliphatic heterocycles. The zero-order valence-electron chi connectivity index (χ0n) is 15.2. The molecule has 1 N–H and O–H groups in total. The zero-order chi connectivity index (χ0) is 18.8. The van der Waals surface area contributed by atoms with Crippen LogP contribution >= 0.6 is 11.6 Å². The molecule has 5 nitrogen and oxygen atoms in total. The molecule has 0 fully saturated rings. The quantitative estimate of drug-likeness (QED) is 0.886. The van der Waals surface area contributed by atoms with Crippen molar-refractivity contribution in [2.75, 3.05) is 11.9 Å². The predicted octanol–water partition coefficient (Wildman–Crippen LogP) is 3.90. The number of halogens is 1. The van der Waals surface area contributed by atoms with Crippen LogP contribution in [0, 0.1) is 0 Å². The minimum Gasteiger partial charge on any atom is -0.349 e. The summed E-state index contributed by atoms with van der Waals surface area (Å²) in [4.78, 5) is 29.5. The van der Waals surface area contributed by atoms with Crippen molar-refractivity contribution < 1.29 is 9.59 Å². The number of aryl methyl sites for hydroxylation is 1. The Morgan fingerprint density at radius 3 is 2.85 bits per heavy atom. The van der Waals surface area contributed by atoms with Gasteiger partial charge in [0.1, 0.15) is 0 Å². The van der Waals surface area contributed by atoms with E-state index in [1.54, 1.807) is 24.3 Å². The van der Waals surface area contributed by atoms with Gasteiger partial charge in [0.15, 0.2) is 0 Å². The summed E-state index contributed by atoms with van der Waals surface area (Å²) in [5.74, 6) is 0.105. The van der Waals surface area contributed by atoms with Gasteiger partial charge in [-0.25, -0.2) is 0 Å². The van der Waals surface area contributed by atoms with E-state index < -0.39 is 0 Å². The molecule has 0 bridgehead atoms. The molecule has 1 atom stereocenters. The first-order valence-electron chi connectivity index (χ1n) is 8.75. The Balaban J connectivity index is 1.97. The average molecular weight is 372 g/mol. The maximum atomic E-state index is 11.9. The Bertz CT molecular complexity index is 866. The second-order valence-corrected chi connectivity index (χ2v) is 6.91. The van der Waals surface area contributed by atoms with Gasteiger partial charge in [0.05, 0.1) is 11.1 Å². The lowest BCUT2D eigenvalue weighted by atomic mass is 9.95. The minimum absolute atomic E-state index is 0.0274. The number of benzene rings is 1. The summed E-state index contributed by atoms with van der Waals surface area (Å²) in [6.45, 7) is 3.71. The topological polar surface area (TPSA) is 62.3 Å². The molecular weight excluding hydrogens is 350 g/mol. The van der Waals surface area contributed by atoms with E-state index in [9.17, 15) is 9.59 Å². The number of anilines is 1. The van der Waals surface area contributed by atoms with Gasteiger partial charge < -0.3 is 10.2 Å². The number of nitrogens with zero attached hydrogens (tertiary/aromatic N) is 2. The highest BCUT2D eigenvalue weighted by atomic mass is 35.5. The molecule has 2 heterocycles. The van der Waals surface area contributed by atoms with Crippen LogP contribution < -0.4 is 10.2 Å². The molecule has 0 radical (unpaired) electrons. The molecule has 1 aromatic heterocycles. The molecular formula is C20H22ClN3O2. The number of hydrogen-bond acceptors (Lipinski definition) is 3. The molecule has 2 amide bonds. The summed E-state index contributed by atoms with van der Waals surface area (Å²) < 4.78 is 0. The predicted molar refractivity (Wildman–Crippen MR) is 103 cm³/mol. The number of carbonyl (C=O) groups is 2. The molecule has 3 rings (SSSR count). The van der Waals surface area contributed by atoms with Gasteiger partial charge in [0.25, 0.3) is 0 Å². The van der Waals surface area contributed by atoms with E-state index in [2.05, 4.69) is 16.4 Å². The van der Waals surface area contributed by atoms with E-state index in [0.29, 0.717) is 17.9 Å². The molecule has 2 aromatic rings. The van der Waals surface area contributed by atoms with Crippen molar-refractivity contribution in [3.63, 3.8) is 0 Å². The Morgan fingerprint density at radius 1 is 1.35 bits per heavy atom. The van der Waals surface area contributed by atoms with Crippen molar-refractivity contribution in [1.82, 2.24) is 10.3 Å². The third-order valence-corrected chi connectivity index (χ3v) is 5.23. The molecule has 0 saturated carbocycles. The number of carbonyl (C=O) groups excluding carboxylic acids is 2. The summed E-state index contributed by atoms with van der Waals surface area (Å²) in [5.41, 5.74) is 4.63. The normalized spacial score (nSPS) is 14.8. The lowest BCUT2D eigenvalue weighted by Crippen LogP contribution is -2.30. The Morgan fingerprint density at radius 2 is 2.12 bits per heavy atom. The van der Waals surface area contributed by atoms with Gasteiger partial charge in [-0.3, -0.25) is 14.6 Å². The van der Waals surface area contributed by atoms with E-state index in [-0.39, 0.29) is 17.9 Å². The van der Waals surface area contributed by atoms with Crippen LogP contribution in [0.5, 0.6) is 0 Å². The average Bonchev–Trinajstić information content (AvgIpc) is 2.64. The van der Waals surface area contributed by atoms with E-state index in [1.807, 2.05) is 26.0 Å². The minimum atomic E-state index is -0.219. The summed E-state index contributed by atoms with van der Waals surface area (Å²) in [5, 5.41) is 3.51. The van der Waals surface area contributed by atoms with Crippen molar-refractivity contribution >= 4 is 29.1 Å². The van der Waals surface area contributed by atoms with Crippen molar-refractivity contribution in [2.45, 2.75) is 39.2 Å². The third kappa shape index (κ3) is 3.44. The van der Waals surface area contributed by atoms with Gasteiger partial charge in [-0.2, -0.15) is 0 Å². The SMILES string of the molecule is CCC(=O)NC(C)c1cncc(-c2ccc3c(c2)CCC(=O)N3C)c1Cl. The lowest BCUT2D eigenvalue weighted by molar-refractivity contribution is -0.121. The fourth-order valence-corrected chi connectivity index (χ4v) is 3.58. The fourth-order valence-electron chi connectivity index (χ4n) is 3.21. The Kier molecular flexibility index (Phi) is 5.28. The van der Waals surface area contributed by atoms with Crippen LogP contribution in [-0.2, 0) is 16.0 Å². The van der Waals surface area contributed by atoms with E-state index in [1.165, 1.54) is 0 Å². The van der Waals surface area contributed by atoms with Crippen molar-refractivity contribution in [3.8, 4) is 11.1 Å². The number of fused-ring (bicyclic) bond motifs is 1. The van der Waals surface area contributed by atoms with Crippen LogP contribution in [0.2, 0.25) is 5.02 Å². The molecule has 1 unspecified atom stereocenters. The highest BCUT2D eigenvalue weighted by molar-refractivity contribution is 6.34. The van der Waals surface area contributed by atoms with Crippen LogP contribution in [0.1, 0.15) is 43.9 Å². The molecule has 1 aliphatic rings. The van der Waals surface area contributed by atoms with E-state index in [0.717, 1.165) is 34.4 Å². The van der Waals surface area contributed by atoms with Gasteiger partial charge in [0, 0.05) is 49.1 Å². The van der Waals surface area contributed by atoms with Crippen molar-refractivity contribution in [3.05, 3.63) is 46.7 Å². The van der Waals surface area contributed by atoms with Gasteiger partial charge in [0.2, 0.25) is 11.8 Å². The number of nitrogens with one attached hydrogen (secondary N) is 1. The smallest absolute Gasteiger partial charge is 0.227 e.